The normalized spacial score (nSPS) is 11.0. The molecule has 0 aromatic heterocycles. The average Bonchev–Trinajstić information content (AvgIpc) is 2.69. The number of anilines is 1. The Bertz CT molecular complexity index is 985. The van der Waals surface area contributed by atoms with Crippen LogP contribution in [0.15, 0.2) is 89.8 Å². The molecule has 0 heterocycles. The van der Waals surface area contributed by atoms with Gasteiger partial charge < -0.3 is 4.74 Å². The number of sulfonamides is 1. The van der Waals surface area contributed by atoms with Gasteiger partial charge in [-0.25, -0.2) is 13.2 Å². The van der Waals surface area contributed by atoms with Crippen molar-refractivity contribution in [2.24, 2.45) is 0 Å². The number of hydrogen-bond acceptors (Lipinski definition) is 4. The van der Waals surface area contributed by atoms with Crippen LogP contribution in [0.2, 0.25) is 0 Å². The molecular weight excluding hydrogens is 350 g/mol. The number of carbonyl (C=O) groups is 1. The van der Waals surface area contributed by atoms with Gasteiger partial charge in [0.05, 0.1) is 16.1 Å². The summed E-state index contributed by atoms with van der Waals surface area (Å²) in [5.41, 5.74) is 0.829. The SMILES string of the molecule is CN(c1ccccc1)S(=O)(=O)c1ccc(C(=O)Oc2ccccc2)cc1. The molecule has 5 nitrogen and oxygen atoms in total. The van der Waals surface area contributed by atoms with E-state index in [1.54, 1.807) is 48.5 Å². The zero-order chi connectivity index (χ0) is 18.6. The molecule has 132 valence electrons. The highest BCUT2D eigenvalue weighted by atomic mass is 32.2. The van der Waals surface area contributed by atoms with Gasteiger partial charge in [-0.1, -0.05) is 36.4 Å². The Morgan fingerprint density at radius 3 is 1.92 bits per heavy atom. The van der Waals surface area contributed by atoms with Crippen LogP contribution in [-0.2, 0) is 10.0 Å². The van der Waals surface area contributed by atoms with E-state index >= 15 is 0 Å². The minimum atomic E-state index is -3.71. The van der Waals surface area contributed by atoms with Gasteiger partial charge in [-0.2, -0.15) is 0 Å². The number of carbonyl (C=O) groups excluding carboxylic acids is 1. The monoisotopic (exact) mass is 367 g/mol. The largest absolute Gasteiger partial charge is 0.423 e. The van der Waals surface area contributed by atoms with Crippen LogP contribution in [0.3, 0.4) is 0 Å². The Labute approximate surface area is 152 Å². The molecule has 0 radical (unpaired) electrons. The second-order valence-corrected chi connectivity index (χ2v) is 7.50. The molecule has 0 fully saturated rings. The van der Waals surface area contributed by atoms with Crippen LogP contribution in [0.5, 0.6) is 5.75 Å². The lowest BCUT2D eigenvalue weighted by Gasteiger charge is -2.19. The van der Waals surface area contributed by atoms with Gasteiger partial charge in [0, 0.05) is 7.05 Å². The van der Waals surface area contributed by atoms with E-state index in [-0.39, 0.29) is 10.5 Å². The highest BCUT2D eigenvalue weighted by molar-refractivity contribution is 7.92. The van der Waals surface area contributed by atoms with E-state index in [0.29, 0.717) is 11.4 Å². The summed E-state index contributed by atoms with van der Waals surface area (Å²) in [6.45, 7) is 0. The third-order valence-corrected chi connectivity index (χ3v) is 5.62. The molecule has 3 aromatic rings. The third kappa shape index (κ3) is 3.75. The summed E-state index contributed by atoms with van der Waals surface area (Å²) >= 11 is 0. The Balaban J connectivity index is 1.79. The van der Waals surface area contributed by atoms with Gasteiger partial charge in [0.15, 0.2) is 0 Å². The Morgan fingerprint density at radius 2 is 1.35 bits per heavy atom. The summed E-state index contributed by atoms with van der Waals surface area (Å²) < 4.78 is 31.9. The fourth-order valence-corrected chi connectivity index (χ4v) is 3.55. The van der Waals surface area contributed by atoms with E-state index in [4.69, 9.17) is 4.74 Å². The van der Waals surface area contributed by atoms with Crippen molar-refractivity contribution < 1.29 is 17.9 Å². The topological polar surface area (TPSA) is 63.7 Å². The fraction of sp³-hybridized carbons (Fsp3) is 0.0500. The molecular formula is C20H17NO4S. The predicted molar refractivity (Wildman–Crippen MR) is 99.9 cm³/mol. The lowest BCUT2D eigenvalue weighted by molar-refractivity contribution is 0.0734. The van der Waals surface area contributed by atoms with Crippen molar-refractivity contribution >= 4 is 21.7 Å². The van der Waals surface area contributed by atoms with Crippen LogP contribution in [0.25, 0.3) is 0 Å². The quantitative estimate of drug-likeness (QED) is 0.509. The van der Waals surface area contributed by atoms with Crippen molar-refractivity contribution in [3.63, 3.8) is 0 Å². The molecule has 0 spiro atoms. The van der Waals surface area contributed by atoms with Gasteiger partial charge in [-0.3, -0.25) is 4.31 Å². The Kier molecular flexibility index (Phi) is 5.04. The average molecular weight is 367 g/mol. The van der Waals surface area contributed by atoms with E-state index in [1.807, 2.05) is 12.1 Å². The first-order valence-corrected chi connectivity index (χ1v) is 9.34. The molecule has 0 bridgehead atoms. The first kappa shape index (κ1) is 17.7. The minimum Gasteiger partial charge on any atom is -0.423 e. The van der Waals surface area contributed by atoms with Gasteiger partial charge in [0.1, 0.15) is 5.75 Å². The van der Waals surface area contributed by atoms with Crippen LogP contribution in [0.4, 0.5) is 5.69 Å². The molecule has 6 heteroatoms. The number of nitrogens with zero attached hydrogens (tertiary/aromatic N) is 1. The van der Waals surface area contributed by atoms with Crippen LogP contribution in [-0.4, -0.2) is 21.4 Å². The van der Waals surface area contributed by atoms with Crippen LogP contribution >= 0.6 is 0 Å². The minimum absolute atomic E-state index is 0.0973. The van der Waals surface area contributed by atoms with Crippen LogP contribution < -0.4 is 9.04 Å². The van der Waals surface area contributed by atoms with Crippen molar-refractivity contribution in [1.29, 1.82) is 0 Å². The summed E-state index contributed by atoms with van der Waals surface area (Å²) in [5, 5.41) is 0. The third-order valence-electron chi connectivity index (χ3n) is 3.82. The number of esters is 1. The van der Waals surface area contributed by atoms with E-state index in [9.17, 15) is 13.2 Å². The molecule has 0 aliphatic rings. The van der Waals surface area contributed by atoms with E-state index < -0.39 is 16.0 Å². The van der Waals surface area contributed by atoms with Gasteiger partial charge in [-0.15, -0.1) is 0 Å². The summed E-state index contributed by atoms with van der Waals surface area (Å²) in [4.78, 5) is 12.2. The summed E-state index contributed by atoms with van der Waals surface area (Å²) in [6.07, 6.45) is 0. The summed E-state index contributed by atoms with van der Waals surface area (Å²) in [5.74, 6) is -0.116. The number of hydrogen-bond donors (Lipinski definition) is 0. The first-order valence-electron chi connectivity index (χ1n) is 7.90. The highest BCUT2D eigenvalue weighted by Crippen LogP contribution is 2.22. The molecule has 0 aliphatic carbocycles. The molecule has 3 rings (SSSR count). The Morgan fingerprint density at radius 1 is 0.808 bits per heavy atom. The molecule has 0 unspecified atom stereocenters. The van der Waals surface area contributed by atoms with Crippen molar-refractivity contribution in [2.45, 2.75) is 4.90 Å². The number of ether oxygens (including phenoxy) is 1. The maximum atomic E-state index is 12.7. The molecule has 0 aliphatic heterocycles. The number of benzene rings is 3. The fourth-order valence-electron chi connectivity index (χ4n) is 2.35. The smallest absolute Gasteiger partial charge is 0.343 e. The standard InChI is InChI=1S/C20H17NO4S/c1-21(17-8-4-2-5-9-17)26(23,24)19-14-12-16(13-15-19)20(22)25-18-10-6-3-7-11-18/h2-15H,1H3. The highest BCUT2D eigenvalue weighted by Gasteiger charge is 2.21. The molecule has 3 aromatic carbocycles. The van der Waals surface area contributed by atoms with Gasteiger partial charge >= 0.3 is 5.97 Å². The zero-order valence-electron chi connectivity index (χ0n) is 14.1. The Hall–Kier alpha value is -3.12. The summed E-state index contributed by atoms with van der Waals surface area (Å²) in [7, 11) is -2.22. The van der Waals surface area contributed by atoms with Crippen molar-refractivity contribution in [2.75, 3.05) is 11.4 Å². The first-order chi connectivity index (χ1) is 12.5. The van der Waals surface area contributed by atoms with Gasteiger partial charge in [0.2, 0.25) is 0 Å². The molecule has 0 atom stereocenters. The predicted octanol–water partition coefficient (Wildman–Crippen LogP) is 3.73. The van der Waals surface area contributed by atoms with Crippen molar-refractivity contribution in [3.8, 4) is 5.75 Å². The van der Waals surface area contributed by atoms with Crippen LogP contribution in [0.1, 0.15) is 10.4 Å². The lowest BCUT2D eigenvalue weighted by Crippen LogP contribution is -2.26. The second-order valence-electron chi connectivity index (χ2n) is 5.54. The second kappa shape index (κ2) is 7.41. The molecule has 0 amide bonds. The molecule has 0 saturated carbocycles. The molecule has 26 heavy (non-hydrogen) atoms. The zero-order valence-corrected chi connectivity index (χ0v) is 14.9. The van der Waals surface area contributed by atoms with Gasteiger partial charge in [0.25, 0.3) is 10.0 Å². The molecule has 0 saturated heterocycles. The molecule has 0 N–H and O–H groups in total. The summed E-state index contributed by atoms with van der Waals surface area (Å²) in [6, 6.07) is 23.1. The van der Waals surface area contributed by atoms with Crippen LogP contribution in [0, 0.1) is 0 Å². The maximum absolute atomic E-state index is 12.7. The number of rotatable bonds is 5. The van der Waals surface area contributed by atoms with Crippen molar-refractivity contribution in [3.05, 3.63) is 90.5 Å². The van der Waals surface area contributed by atoms with E-state index in [2.05, 4.69) is 0 Å². The van der Waals surface area contributed by atoms with E-state index in [1.165, 1.54) is 35.6 Å². The van der Waals surface area contributed by atoms with Crippen molar-refractivity contribution in [1.82, 2.24) is 0 Å². The van der Waals surface area contributed by atoms with E-state index in [0.717, 1.165) is 0 Å². The maximum Gasteiger partial charge on any atom is 0.343 e. The number of para-hydroxylation sites is 2. The lowest BCUT2D eigenvalue weighted by atomic mass is 10.2. The van der Waals surface area contributed by atoms with Gasteiger partial charge in [-0.05, 0) is 48.5 Å².